The summed E-state index contributed by atoms with van der Waals surface area (Å²) in [5.41, 5.74) is 1.39. The smallest absolute Gasteiger partial charge is 0.222 e. The van der Waals surface area contributed by atoms with Gasteiger partial charge in [-0.15, -0.1) is 0 Å². The third kappa shape index (κ3) is 2.67. The lowest BCUT2D eigenvalue weighted by atomic mass is 9.85. The molecule has 3 aliphatic heterocycles. The second kappa shape index (κ2) is 5.71. The van der Waals surface area contributed by atoms with Crippen molar-refractivity contribution in [1.29, 1.82) is 0 Å². The van der Waals surface area contributed by atoms with Gasteiger partial charge in [-0.25, -0.2) is 0 Å². The van der Waals surface area contributed by atoms with Crippen LogP contribution < -0.4 is 9.47 Å². The van der Waals surface area contributed by atoms with Gasteiger partial charge in [0.05, 0.1) is 0 Å². The molecule has 3 aliphatic rings. The van der Waals surface area contributed by atoms with Crippen molar-refractivity contribution in [3.05, 3.63) is 23.8 Å². The Hall–Kier alpha value is -1.75. The molecule has 2 fully saturated rings. The van der Waals surface area contributed by atoms with Crippen LogP contribution in [0.25, 0.3) is 0 Å². The highest BCUT2D eigenvalue weighted by atomic mass is 16.6. The van der Waals surface area contributed by atoms with E-state index in [0.717, 1.165) is 56.8 Å². The summed E-state index contributed by atoms with van der Waals surface area (Å²) in [5, 5.41) is 0. The minimum Gasteiger partial charge on any atom is -0.486 e. The highest BCUT2D eigenvalue weighted by Crippen LogP contribution is 2.38. The van der Waals surface area contributed by atoms with Crippen LogP contribution >= 0.6 is 0 Å². The van der Waals surface area contributed by atoms with Crippen LogP contribution in [0, 0.1) is 0 Å². The Bertz CT molecular complexity index is 608. The summed E-state index contributed by atoms with van der Waals surface area (Å²) in [7, 11) is 1.98. The normalized spacial score (nSPS) is 23.5. The van der Waals surface area contributed by atoms with Gasteiger partial charge in [0.25, 0.3) is 0 Å². The molecule has 124 valence electrons. The van der Waals surface area contributed by atoms with Gasteiger partial charge >= 0.3 is 0 Å². The molecule has 0 bridgehead atoms. The molecule has 0 atom stereocenters. The predicted octanol–water partition coefficient (Wildman–Crippen LogP) is 2.04. The van der Waals surface area contributed by atoms with Crippen LogP contribution in [0.4, 0.5) is 0 Å². The van der Waals surface area contributed by atoms with Crippen molar-refractivity contribution in [3.8, 4) is 11.5 Å². The maximum Gasteiger partial charge on any atom is 0.222 e. The summed E-state index contributed by atoms with van der Waals surface area (Å²) in [6.07, 6.45) is 3.92. The molecule has 5 nitrogen and oxygen atoms in total. The molecule has 23 heavy (non-hydrogen) atoms. The van der Waals surface area contributed by atoms with Crippen molar-refractivity contribution in [2.75, 3.05) is 33.4 Å². The Balaban J connectivity index is 1.39. The fraction of sp³-hybridized carbons (Fsp3) is 0.611. The average Bonchev–Trinajstić information content (AvgIpc) is 2.86. The van der Waals surface area contributed by atoms with E-state index in [1.807, 2.05) is 18.0 Å². The Kier molecular flexibility index (Phi) is 3.68. The van der Waals surface area contributed by atoms with Crippen molar-refractivity contribution < 1.29 is 14.3 Å². The molecule has 0 aliphatic carbocycles. The van der Waals surface area contributed by atoms with E-state index in [9.17, 15) is 4.79 Å². The molecule has 4 rings (SSSR count). The van der Waals surface area contributed by atoms with E-state index < -0.39 is 0 Å². The lowest BCUT2D eigenvalue weighted by Gasteiger charge is -2.43. The van der Waals surface area contributed by atoms with Gasteiger partial charge in [-0.1, -0.05) is 6.07 Å². The summed E-state index contributed by atoms with van der Waals surface area (Å²) >= 11 is 0. The standard InChI is InChI=1S/C18H24N2O3/c1-19-17(21)4-5-18(19)6-8-20(9-7-18)13-14-2-3-15-16(12-14)23-11-10-22-15/h2-3,12H,4-11,13H2,1H3. The number of hydrogen-bond donors (Lipinski definition) is 0. The molecule has 2 saturated heterocycles. The van der Waals surface area contributed by atoms with Gasteiger partial charge in [0.2, 0.25) is 5.91 Å². The monoisotopic (exact) mass is 316 g/mol. The first kappa shape index (κ1) is 14.8. The largest absolute Gasteiger partial charge is 0.486 e. The number of carbonyl (C=O) groups excluding carboxylic acids is 1. The van der Waals surface area contributed by atoms with Crippen LogP contribution in [0.3, 0.4) is 0 Å². The van der Waals surface area contributed by atoms with Gasteiger partial charge in [0, 0.05) is 38.6 Å². The van der Waals surface area contributed by atoms with Gasteiger partial charge in [-0.2, -0.15) is 0 Å². The summed E-state index contributed by atoms with van der Waals surface area (Å²) in [6.45, 7) is 4.29. The number of benzene rings is 1. The molecule has 1 amide bonds. The van der Waals surface area contributed by atoms with Gasteiger partial charge in [-0.3, -0.25) is 9.69 Å². The number of piperidine rings is 1. The number of likely N-dealkylation sites (tertiary alicyclic amines) is 2. The molecular weight excluding hydrogens is 292 g/mol. The molecule has 1 spiro atoms. The fourth-order valence-electron chi connectivity index (χ4n) is 4.10. The minimum absolute atomic E-state index is 0.125. The average molecular weight is 316 g/mol. The maximum atomic E-state index is 11.8. The quantitative estimate of drug-likeness (QED) is 0.837. The SMILES string of the molecule is CN1C(=O)CCC12CCN(Cc1ccc3c(c1)OCCO3)CC2. The van der Waals surface area contributed by atoms with Gasteiger partial charge < -0.3 is 14.4 Å². The molecule has 1 aromatic rings. The van der Waals surface area contributed by atoms with E-state index in [2.05, 4.69) is 17.0 Å². The number of amides is 1. The number of hydrogen-bond acceptors (Lipinski definition) is 4. The summed E-state index contributed by atoms with van der Waals surface area (Å²) in [5.74, 6) is 2.03. The van der Waals surface area contributed by atoms with Crippen LogP contribution in [-0.2, 0) is 11.3 Å². The molecule has 5 heteroatoms. The molecule has 0 unspecified atom stereocenters. The number of rotatable bonds is 2. The topological polar surface area (TPSA) is 42.0 Å². The second-order valence-corrected chi connectivity index (χ2v) is 6.93. The zero-order chi connectivity index (χ0) is 15.9. The van der Waals surface area contributed by atoms with Crippen LogP contribution in [0.5, 0.6) is 11.5 Å². The summed E-state index contributed by atoms with van der Waals surface area (Å²) < 4.78 is 11.2. The summed E-state index contributed by atoms with van der Waals surface area (Å²) in [6, 6.07) is 6.24. The zero-order valence-electron chi connectivity index (χ0n) is 13.7. The van der Waals surface area contributed by atoms with Crippen molar-refractivity contribution >= 4 is 5.91 Å². The van der Waals surface area contributed by atoms with Crippen molar-refractivity contribution in [2.45, 2.75) is 37.8 Å². The number of nitrogens with zero attached hydrogens (tertiary/aromatic N) is 2. The molecule has 3 heterocycles. The van der Waals surface area contributed by atoms with Gasteiger partial charge in [0.1, 0.15) is 13.2 Å². The lowest BCUT2D eigenvalue weighted by molar-refractivity contribution is -0.130. The van der Waals surface area contributed by atoms with Crippen LogP contribution in [0.2, 0.25) is 0 Å². The van der Waals surface area contributed by atoms with E-state index >= 15 is 0 Å². The predicted molar refractivity (Wildman–Crippen MR) is 86.7 cm³/mol. The highest BCUT2D eigenvalue weighted by molar-refractivity contribution is 5.79. The zero-order valence-corrected chi connectivity index (χ0v) is 13.7. The van der Waals surface area contributed by atoms with Crippen molar-refractivity contribution in [3.63, 3.8) is 0 Å². The second-order valence-electron chi connectivity index (χ2n) is 6.93. The Morgan fingerprint density at radius 2 is 1.83 bits per heavy atom. The number of carbonyl (C=O) groups is 1. The van der Waals surface area contributed by atoms with E-state index in [1.165, 1.54) is 5.56 Å². The van der Waals surface area contributed by atoms with Crippen molar-refractivity contribution in [2.24, 2.45) is 0 Å². The van der Waals surface area contributed by atoms with E-state index in [-0.39, 0.29) is 5.54 Å². The third-order valence-electron chi connectivity index (χ3n) is 5.69. The first-order chi connectivity index (χ1) is 11.2. The fourth-order valence-corrected chi connectivity index (χ4v) is 4.10. The molecule has 0 N–H and O–H groups in total. The Labute approximate surface area is 137 Å². The minimum atomic E-state index is 0.125. The number of ether oxygens (including phenoxy) is 2. The van der Waals surface area contributed by atoms with Crippen LogP contribution in [-0.4, -0.2) is 54.6 Å². The van der Waals surface area contributed by atoms with Crippen molar-refractivity contribution in [1.82, 2.24) is 9.80 Å². The number of fused-ring (bicyclic) bond motifs is 1. The molecule has 1 aromatic carbocycles. The lowest BCUT2D eigenvalue weighted by Crippen LogP contribution is -2.51. The Morgan fingerprint density at radius 3 is 2.52 bits per heavy atom. The first-order valence-electron chi connectivity index (χ1n) is 8.54. The Morgan fingerprint density at radius 1 is 1.09 bits per heavy atom. The first-order valence-corrected chi connectivity index (χ1v) is 8.54. The third-order valence-corrected chi connectivity index (χ3v) is 5.69. The molecule has 0 radical (unpaired) electrons. The van der Waals surface area contributed by atoms with Crippen LogP contribution in [0.1, 0.15) is 31.2 Å². The van der Waals surface area contributed by atoms with Crippen LogP contribution in [0.15, 0.2) is 18.2 Å². The van der Waals surface area contributed by atoms with Gasteiger partial charge in [0.15, 0.2) is 11.5 Å². The molecule has 0 aromatic heterocycles. The highest BCUT2D eigenvalue weighted by Gasteiger charge is 2.44. The summed E-state index contributed by atoms with van der Waals surface area (Å²) in [4.78, 5) is 16.3. The molecular formula is C18H24N2O3. The van der Waals surface area contributed by atoms with E-state index in [1.54, 1.807) is 0 Å². The van der Waals surface area contributed by atoms with E-state index in [0.29, 0.717) is 19.1 Å². The molecule has 0 saturated carbocycles. The van der Waals surface area contributed by atoms with Gasteiger partial charge in [-0.05, 0) is 37.0 Å². The van der Waals surface area contributed by atoms with E-state index in [4.69, 9.17) is 9.47 Å². The maximum absolute atomic E-state index is 11.8.